The van der Waals surface area contributed by atoms with Crippen LogP contribution in [0.25, 0.3) is 33.0 Å². The molecule has 4 aromatic carbocycles. The second-order valence-corrected chi connectivity index (χ2v) is 11.1. The van der Waals surface area contributed by atoms with Crippen molar-refractivity contribution >= 4 is 27.8 Å². The Hall–Kier alpha value is -1.27. The summed E-state index contributed by atoms with van der Waals surface area (Å²) in [6.07, 6.45) is 1.17. The summed E-state index contributed by atoms with van der Waals surface area (Å²) in [5.74, 6) is 0.590. The molecule has 0 saturated carbocycles. The second-order valence-electron chi connectivity index (χ2n) is 7.34. The van der Waals surface area contributed by atoms with Gasteiger partial charge in [0, 0.05) is 0 Å². The van der Waals surface area contributed by atoms with Gasteiger partial charge in [-0.2, -0.15) is 6.07 Å². The molecule has 0 aliphatic carbocycles. The van der Waals surface area contributed by atoms with Crippen molar-refractivity contribution in [3.8, 4) is 22.3 Å². The van der Waals surface area contributed by atoms with Gasteiger partial charge in [0.1, 0.15) is 0 Å². The van der Waals surface area contributed by atoms with E-state index >= 15 is 0 Å². The van der Waals surface area contributed by atoms with Crippen molar-refractivity contribution in [3.63, 3.8) is 0 Å². The van der Waals surface area contributed by atoms with E-state index in [1.54, 1.807) is 0 Å². The van der Waals surface area contributed by atoms with Gasteiger partial charge in [0.15, 0.2) is 0 Å². The molecule has 0 aliphatic heterocycles. The Bertz CT molecular complexity index is 1070. The fourth-order valence-electron chi connectivity index (χ4n) is 3.83. The van der Waals surface area contributed by atoms with Crippen molar-refractivity contribution in [2.75, 3.05) is 0 Å². The van der Waals surface area contributed by atoms with E-state index in [9.17, 15) is 0 Å². The zero-order valence-corrected chi connectivity index (χ0v) is 21.0. The third-order valence-corrected chi connectivity index (χ3v) is 5.59. The molecule has 0 aliphatic rings. The molecule has 29 heavy (non-hydrogen) atoms. The van der Waals surface area contributed by atoms with Crippen LogP contribution in [0.4, 0.5) is 0 Å². The Labute approximate surface area is 192 Å². The Morgan fingerprint density at radius 2 is 1.55 bits per heavy atom. The Kier molecular flexibility index (Phi) is 8.25. The molecule has 0 heterocycles. The van der Waals surface area contributed by atoms with Gasteiger partial charge in [0.25, 0.3) is 0 Å². The number of halogens is 2. The molecule has 0 amide bonds. The van der Waals surface area contributed by atoms with Crippen molar-refractivity contribution in [2.45, 2.75) is 33.1 Å². The number of hydrogen-bond acceptors (Lipinski definition) is 0. The average Bonchev–Trinajstić information content (AvgIpc) is 3.19. The topological polar surface area (TPSA) is 0 Å². The van der Waals surface area contributed by atoms with Gasteiger partial charge in [-0.25, -0.2) is 0 Å². The van der Waals surface area contributed by atoms with Crippen molar-refractivity contribution in [1.29, 1.82) is 0 Å². The summed E-state index contributed by atoms with van der Waals surface area (Å²) in [4.78, 5) is 0. The summed E-state index contributed by atoms with van der Waals surface area (Å²) >= 11 is -0.826. The van der Waals surface area contributed by atoms with Crippen LogP contribution in [0.5, 0.6) is 0 Å². The van der Waals surface area contributed by atoms with Gasteiger partial charge in [-0.3, -0.25) is 0 Å². The maximum atomic E-state index is 4.93. The quantitative estimate of drug-likeness (QED) is 0.246. The summed E-state index contributed by atoms with van der Waals surface area (Å²) < 4.78 is 0. The average molecular weight is 500 g/mol. The molecule has 0 N–H and O–H groups in total. The second kappa shape index (κ2) is 10.7. The predicted octanol–water partition coefficient (Wildman–Crippen LogP) is 9.09. The van der Waals surface area contributed by atoms with E-state index in [1.807, 2.05) is 0 Å². The van der Waals surface area contributed by atoms with Crippen molar-refractivity contribution < 1.29 is 20.8 Å². The molecule has 0 spiro atoms. The molecule has 0 bridgehead atoms. The monoisotopic (exact) mass is 497 g/mol. The summed E-state index contributed by atoms with van der Waals surface area (Å²) in [7, 11) is 9.87. The molecular weight excluding hydrogens is 474 g/mol. The summed E-state index contributed by atoms with van der Waals surface area (Å²) in [5.41, 5.74) is 8.05. The van der Waals surface area contributed by atoms with Crippen molar-refractivity contribution in [3.05, 3.63) is 90.0 Å². The molecule has 0 saturated heterocycles. The van der Waals surface area contributed by atoms with E-state index in [1.165, 1.54) is 50.6 Å². The van der Waals surface area contributed by atoms with E-state index in [0.717, 1.165) is 0 Å². The summed E-state index contributed by atoms with van der Waals surface area (Å²) in [6.45, 7) is 6.79. The molecule has 148 valence electrons. The van der Waals surface area contributed by atoms with Crippen LogP contribution >= 0.6 is 17.0 Å². The van der Waals surface area contributed by atoms with Crippen LogP contribution in [-0.4, -0.2) is 0 Å². The van der Waals surface area contributed by atoms with Crippen LogP contribution in [0.2, 0.25) is 0 Å². The third kappa shape index (κ3) is 5.08. The Morgan fingerprint density at radius 3 is 2.21 bits per heavy atom. The van der Waals surface area contributed by atoms with Crippen molar-refractivity contribution in [2.24, 2.45) is 0 Å². The first-order chi connectivity index (χ1) is 14.1. The molecule has 1 atom stereocenters. The number of rotatable bonds is 4. The normalized spacial score (nSPS) is 11.6. The molecular formula is C26H25Cl2Zr-. The minimum atomic E-state index is -0.826. The van der Waals surface area contributed by atoms with Crippen LogP contribution in [0, 0.1) is 6.92 Å². The first-order valence-electron chi connectivity index (χ1n) is 9.91. The Morgan fingerprint density at radius 1 is 0.897 bits per heavy atom. The number of fused-ring (bicyclic) bond motifs is 1. The SMILES string of the molecule is CCC(C)c1cc2c(-c3ccccc3C)c(-c3ccccc3)ccc2[cH-]1.[Cl][Zr][Cl]. The van der Waals surface area contributed by atoms with Gasteiger partial charge in [-0.15, -0.1) is 28.5 Å². The van der Waals surface area contributed by atoms with Crippen LogP contribution in [0.15, 0.2) is 78.9 Å². The molecule has 4 rings (SSSR count). The molecule has 4 aromatic rings. The summed E-state index contributed by atoms with van der Waals surface area (Å²) in [5, 5.41) is 2.72. The molecule has 0 radical (unpaired) electrons. The Balaban J connectivity index is 0.000000755. The summed E-state index contributed by atoms with van der Waals surface area (Å²) in [6, 6.07) is 28.8. The zero-order chi connectivity index (χ0) is 20.8. The molecule has 3 heteroatoms. The predicted molar refractivity (Wildman–Crippen MR) is 126 cm³/mol. The van der Waals surface area contributed by atoms with E-state index < -0.39 is 20.8 Å². The van der Waals surface area contributed by atoms with E-state index in [0.29, 0.717) is 5.92 Å². The molecule has 0 nitrogen and oxygen atoms in total. The van der Waals surface area contributed by atoms with Crippen LogP contribution < -0.4 is 0 Å². The number of hydrogen-bond donors (Lipinski definition) is 0. The van der Waals surface area contributed by atoms with Crippen LogP contribution in [0.1, 0.15) is 37.3 Å². The van der Waals surface area contributed by atoms with E-state index in [4.69, 9.17) is 17.0 Å². The third-order valence-electron chi connectivity index (χ3n) is 5.59. The van der Waals surface area contributed by atoms with Gasteiger partial charge in [-0.05, 0) is 35.1 Å². The first kappa shape index (κ1) is 22.4. The fraction of sp³-hybridized carbons (Fsp3) is 0.192. The van der Waals surface area contributed by atoms with Crippen molar-refractivity contribution in [1.82, 2.24) is 0 Å². The zero-order valence-electron chi connectivity index (χ0n) is 17.0. The number of benzene rings is 3. The number of aryl methyl sites for hydroxylation is 1. The van der Waals surface area contributed by atoms with E-state index in [2.05, 4.69) is 99.6 Å². The van der Waals surface area contributed by atoms with Gasteiger partial charge in [0.2, 0.25) is 0 Å². The molecule has 0 fully saturated rings. The molecule has 0 aromatic heterocycles. The standard InChI is InChI=1S/C26H25.2ClH.Zr/c1-4-18(2)22-16-21-14-15-24(20-11-6-5-7-12-20)26(25(21)17-22)23-13-9-8-10-19(23)3;;;/h5-18H,4H2,1-3H3;2*1H;/q-1;;;+2/p-2. The molecule has 1 unspecified atom stereocenters. The van der Waals surface area contributed by atoms with Gasteiger partial charge < -0.3 is 0 Å². The van der Waals surface area contributed by atoms with Gasteiger partial charge in [0.05, 0.1) is 0 Å². The van der Waals surface area contributed by atoms with E-state index in [-0.39, 0.29) is 0 Å². The first-order valence-corrected chi connectivity index (χ1v) is 16.2. The fourth-order valence-corrected chi connectivity index (χ4v) is 3.83. The van der Waals surface area contributed by atoms with Gasteiger partial charge in [-0.1, -0.05) is 86.5 Å². The van der Waals surface area contributed by atoms with Crippen LogP contribution in [-0.2, 0) is 20.8 Å². The maximum absolute atomic E-state index is 4.93. The van der Waals surface area contributed by atoms with Crippen LogP contribution in [0.3, 0.4) is 0 Å². The minimum absolute atomic E-state index is 0.590. The van der Waals surface area contributed by atoms with Gasteiger partial charge >= 0.3 is 37.9 Å².